The van der Waals surface area contributed by atoms with Crippen LogP contribution in [0.25, 0.3) is 45.0 Å². The molecule has 5 atom stereocenters. The van der Waals surface area contributed by atoms with Crippen molar-refractivity contribution >= 4 is 0 Å². The monoisotopic (exact) mass is 696 g/mol. The van der Waals surface area contributed by atoms with Crippen LogP contribution in [0.3, 0.4) is 0 Å². The minimum absolute atomic E-state index is 0.257. The van der Waals surface area contributed by atoms with Crippen LogP contribution in [0.2, 0.25) is 0 Å². The van der Waals surface area contributed by atoms with E-state index in [1.807, 2.05) is 0 Å². The predicted molar refractivity (Wildman–Crippen MR) is 215 cm³/mol. The van der Waals surface area contributed by atoms with Crippen molar-refractivity contribution in [2.24, 2.45) is 23.7 Å². The minimum atomic E-state index is -0.531. The van der Waals surface area contributed by atoms with Crippen LogP contribution in [0, 0.1) is 23.7 Å². The van der Waals surface area contributed by atoms with Crippen molar-refractivity contribution in [2.45, 2.75) is 43.4 Å². The summed E-state index contributed by atoms with van der Waals surface area (Å²) in [5.41, 5.74) is 13.6. The van der Waals surface area contributed by atoms with Crippen LogP contribution in [0.1, 0.15) is 60.4 Å². The number of fused-ring (bicyclic) bond motifs is 9. The standard InChI is InChI=1S/C51H40N2O/c1-50(29-35-25-34-26-36(30-50)48(34)35)37-22-19-32(20-23-37)49-52-44(31-11-3-2-4-12-31)28-45(53-49)33-21-24-39-38-13-5-6-14-40(38)51(43(39)27-33)41-15-7-9-17-46(41)54-47-18-10-8-16-42(47)51/h2-24,27-28,34-36,48H,25-26,29-30H2,1H3/t34?,35-,36?,48?,50?/m0/s1. The first-order chi connectivity index (χ1) is 26.6. The van der Waals surface area contributed by atoms with Gasteiger partial charge in [-0.1, -0.05) is 134 Å². The van der Waals surface area contributed by atoms with Crippen LogP contribution in [0.4, 0.5) is 0 Å². The largest absolute Gasteiger partial charge is 0.457 e. The topological polar surface area (TPSA) is 35.0 Å². The maximum absolute atomic E-state index is 6.59. The molecule has 3 fully saturated rings. The molecule has 1 spiro atoms. The minimum Gasteiger partial charge on any atom is -0.457 e. The van der Waals surface area contributed by atoms with Gasteiger partial charge in [0.1, 0.15) is 11.5 Å². The average Bonchev–Trinajstić information content (AvgIpc) is 3.49. The highest BCUT2D eigenvalue weighted by Crippen LogP contribution is 2.67. The van der Waals surface area contributed by atoms with E-state index in [4.69, 9.17) is 14.7 Å². The van der Waals surface area contributed by atoms with Crippen LogP contribution >= 0.6 is 0 Å². The Kier molecular flexibility index (Phi) is 6.31. The Balaban J connectivity index is 1.02. The van der Waals surface area contributed by atoms with Gasteiger partial charge in [-0.3, -0.25) is 0 Å². The molecular formula is C51H40N2O. The lowest BCUT2D eigenvalue weighted by Crippen LogP contribution is -2.58. The summed E-state index contributed by atoms with van der Waals surface area (Å²) >= 11 is 0. The molecule has 0 bridgehead atoms. The smallest absolute Gasteiger partial charge is 0.160 e. The van der Waals surface area contributed by atoms with Gasteiger partial charge in [0.2, 0.25) is 0 Å². The van der Waals surface area contributed by atoms with Gasteiger partial charge >= 0.3 is 0 Å². The molecule has 4 unspecified atom stereocenters. The fourth-order valence-corrected chi connectivity index (χ4v) is 11.7. The Hall–Kier alpha value is -5.80. The van der Waals surface area contributed by atoms with Gasteiger partial charge in [-0.05, 0) is 107 Å². The normalized spacial score (nSPS) is 24.5. The maximum Gasteiger partial charge on any atom is 0.160 e. The molecule has 3 heteroatoms. The summed E-state index contributed by atoms with van der Waals surface area (Å²) in [7, 11) is 0. The third-order valence-electron chi connectivity index (χ3n) is 14.0. The molecule has 0 radical (unpaired) electrons. The molecule has 1 aliphatic heterocycles. The summed E-state index contributed by atoms with van der Waals surface area (Å²) in [5, 5.41) is 0. The van der Waals surface area contributed by atoms with Crippen molar-refractivity contribution in [2.75, 3.05) is 0 Å². The van der Waals surface area contributed by atoms with E-state index in [0.29, 0.717) is 0 Å². The van der Waals surface area contributed by atoms with E-state index in [0.717, 1.165) is 80.2 Å². The lowest BCUT2D eigenvalue weighted by atomic mass is 9.39. The molecule has 1 aromatic heterocycles. The van der Waals surface area contributed by atoms with E-state index in [9.17, 15) is 0 Å². The van der Waals surface area contributed by atoms with Crippen LogP contribution < -0.4 is 4.74 Å². The number of para-hydroxylation sites is 2. The number of benzene rings is 6. The van der Waals surface area contributed by atoms with Gasteiger partial charge in [-0.15, -0.1) is 0 Å². The van der Waals surface area contributed by atoms with Crippen molar-refractivity contribution < 1.29 is 4.74 Å². The Morgan fingerprint density at radius 3 is 1.76 bits per heavy atom. The van der Waals surface area contributed by atoms with Gasteiger partial charge in [0.05, 0.1) is 16.8 Å². The summed E-state index contributed by atoms with van der Waals surface area (Å²) in [4.78, 5) is 10.6. The molecule has 4 aliphatic carbocycles. The molecule has 54 heavy (non-hydrogen) atoms. The molecule has 0 N–H and O–H groups in total. The van der Waals surface area contributed by atoms with Crippen molar-refractivity contribution in [1.82, 2.24) is 9.97 Å². The Morgan fingerprint density at radius 2 is 1.07 bits per heavy atom. The second-order valence-corrected chi connectivity index (χ2v) is 16.9. The highest BCUT2D eigenvalue weighted by Gasteiger charge is 2.59. The van der Waals surface area contributed by atoms with Crippen molar-refractivity contribution in [3.63, 3.8) is 0 Å². The molecule has 6 aromatic carbocycles. The molecule has 0 amide bonds. The fourth-order valence-electron chi connectivity index (χ4n) is 11.7. The Labute approximate surface area is 316 Å². The number of hydrogen-bond donors (Lipinski definition) is 0. The van der Waals surface area contributed by atoms with Crippen LogP contribution in [-0.4, -0.2) is 9.97 Å². The van der Waals surface area contributed by atoms with E-state index >= 15 is 0 Å². The third kappa shape index (κ3) is 4.18. The molecule has 12 rings (SSSR count). The second-order valence-electron chi connectivity index (χ2n) is 16.9. The molecule has 0 saturated heterocycles. The SMILES string of the molecule is CC1(c2ccc(-c3nc(-c4ccccc4)cc(-c4ccc5c(c4)C4(c6ccccc6Oc6ccccc64)c4ccccc4-5)n3)cc2)CC2CC3C[C@@H](C1)C32. The summed E-state index contributed by atoms with van der Waals surface area (Å²) < 4.78 is 6.59. The molecule has 3 nitrogen and oxygen atoms in total. The highest BCUT2D eigenvalue weighted by molar-refractivity contribution is 5.90. The number of aromatic nitrogens is 2. The number of ether oxygens (including phenoxy) is 1. The van der Waals surface area contributed by atoms with E-state index in [-0.39, 0.29) is 5.41 Å². The van der Waals surface area contributed by atoms with Crippen LogP contribution in [-0.2, 0) is 10.8 Å². The van der Waals surface area contributed by atoms with Crippen molar-refractivity contribution in [3.8, 4) is 56.5 Å². The van der Waals surface area contributed by atoms with Gasteiger partial charge in [-0.2, -0.15) is 0 Å². The number of nitrogens with zero attached hydrogens (tertiary/aromatic N) is 2. The summed E-state index contributed by atoms with van der Waals surface area (Å²) in [6, 6.07) is 54.9. The molecular weight excluding hydrogens is 657 g/mol. The van der Waals surface area contributed by atoms with Crippen LogP contribution in [0.15, 0.2) is 152 Å². The number of hydrogen-bond acceptors (Lipinski definition) is 3. The Bertz CT molecular complexity index is 2580. The second kappa shape index (κ2) is 11.1. The van der Waals surface area contributed by atoms with E-state index < -0.39 is 5.41 Å². The lowest BCUT2D eigenvalue weighted by Gasteiger charge is -2.65. The van der Waals surface area contributed by atoms with Gasteiger partial charge in [-0.25, -0.2) is 9.97 Å². The first kappa shape index (κ1) is 30.6. The quantitative estimate of drug-likeness (QED) is 0.184. The zero-order valence-electron chi connectivity index (χ0n) is 30.4. The average molecular weight is 697 g/mol. The lowest BCUT2D eigenvalue weighted by molar-refractivity contribution is -0.141. The summed E-state index contributed by atoms with van der Waals surface area (Å²) in [5.74, 6) is 6.50. The molecule has 3 saturated carbocycles. The molecule has 2 heterocycles. The first-order valence-electron chi connectivity index (χ1n) is 19.7. The molecule has 7 aromatic rings. The van der Waals surface area contributed by atoms with Gasteiger partial charge in [0.25, 0.3) is 0 Å². The van der Waals surface area contributed by atoms with E-state index in [2.05, 4.69) is 159 Å². The van der Waals surface area contributed by atoms with Gasteiger partial charge in [0.15, 0.2) is 5.82 Å². The zero-order chi connectivity index (χ0) is 35.6. The van der Waals surface area contributed by atoms with Crippen molar-refractivity contribution in [1.29, 1.82) is 0 Å². The van der Waals surface area contributed by atoms with E-state index in [1.165, 1.54) is 53.5 Å². The molecule has 260 valence electrons. The fraction of sp³-hybridized carbons (Fsp3) is 0.216. The molecule has 5 aliphatic rings. The van der Waals surface area contributed by atoms with Gasteiger partial charge < -0.3 is 4.74 Å². The summed E-state index contributed by atoms with van der Waals surface area (Å²) in [6.07, 6.45) is 5.58. The third-order valence-corrected chi connectivity index (χ3v) is 14.0. The van der Waals surface area contributed by atoms with E-state index in [1.54, 1.807) is 0 Å². The number of rotatable bonds is 4. The highest BCUT2D eigenvalue weighted by atomic mass is 16.5. The van der Waals surface area contributed by atoms with Crippen molar-refractivity contribution in [3.05, 3.63) is 179 Å². The first-order valence-corrected chi connectivity index (χ1v) is 19.7. The van der Waals surface area contributed by atoms with Crippen LogP contribution in [0.5, 0.6) is 11.5 Å². The maximum atomic E-state index is 6.59. The zero-order valence-corrected chi connectivity index (χ0v) is 30.4. The van der Waals surface area contributed by atoms with Gasteiger partial charge in [0, 0.05) is 27.8 Å². The predicted octanol–water partition coefficient (Wildman–Crippen LogP) is 12.3. The summed E-state index contributed by atoms with van der Waals surface area (Å²) in [6.45, 7) is 2.52. The Morgan fingerprint density at radius 1 is 0.500 bits per heavy atom.